The number of hydrogen-bond donors (Lipinski definition) is 0. The summed E-state index contributed by atoms with van der Waals surface area (Å²) >= 11 is 0. The number of carbonyl (C=O) groups is 2. The Bertz CT molecular complexity index is 470. The number of ketones is 1. The fraction of sp³-hybridized carbons (Fsp3) is 0.467. The SMILES string of the molecule is COCCCC(=O)N1CCCC(=O)c2ccccc21. The number of nitrogens with zero attached hydrogens (tertiary/aromatic N) is 1. The van der Waals surface area contributed by atoms with Gasteiger partial charge in [-0.2, -0.15) is 0 Å². The van der Waals surface area contributed by atoms with Gasteiger partial charge in [0.2, 0.25) is 5.91 Å². The number of amides is 1. The molecule has 0 bridgehead atoms. The number of fused-ring (bicyclic) bond motifs is 1. The van der Waals surface area contributed by atoms with Crippen LogP contribution < -0.4 is 4.90 Å². The van der Waals surface area contributed by atoms with Crippen LogP contribution in [0.2, 0.25) is 0 Å². The molecule has 0 unspecified atom stereocenters. The molecule has 0 spiro atoms. The quantitative estimate of drug-likeness (QED) is 0.782. The highest BCUT2D eigenvalue weighted by atomic mass is 16.5. The number of carbonyl (C=O) groups excluding carboxylic acids is 2. The minimum Gasteiger partial charge on any atom is -0.385 e. The van der Waals surface area contributed by atoms with Crippen LogP contribution in [0.15, 0.2) is 24.3 Å². The first kappa shape index (κ1) is 13.7. The molecule has 1 amide bonds. The largest absolute Gasteiger partial charge is 0.385 e. The molecule has 1 aromatic carbocycles. The molecule has 0 N–H and O–H groups in total. The summed E-state index contributed by atoms with van der Waals surface area (Å²) in [6.45, 7) is 1.20. The van der Waals surface area contributed by atoms with Crippen LogP contribution in [0.1, 0.15) is 36.0 Å². The highest BCUT2D eigenvalue weighted by Crippen LogP contribution is 2.26. The Balaban J connectivity index is 2.18. The first-order valence-corrected chi connectivity index (χ1v) is 6.65. The molecule has 1 heterocycles. The fourth-order valence-corrected chi connectivity index (χ4v) is 2.36. The Morgan fingerprint density at radius 3 is 2.95 bits per heavy atom. The standard InChI is InChI=1S/C15H19NO3/c1-19-11-5-9-15(18)16-10-4-8-14(17)12-6-2-3-7-13(12)16/h2-3,6-7H,4-5,8-11H2,1H3. The maximum absolute atomic E-state index is 12.3. The highest BCUT2D eigenvalue weighted by Gasteiger charge is 2.24. The monoisotopic (exact) mass is 261 g/mol. The van der Waals surface area contributed by atoms with Crippen molar-refractivity contribution in [2.45, 2.75) is 25.7 Å². The van der Waals surface area contributed by atoms with Gasteiger partial charge in [0.05, 0.1) is 5.69 Å². The Morgan fingerprint density at radius 1 is 1.37 bits per heavy atom. The Labute approximate surface area is 113 Å². The summed E-state index contributed by atoms with van der Waals surface area (Å²) < 4.78 is 4.97. The topological polar surface area (TPSA) is 46.6 Å². The second-order valence-corrected chi connectivity index (χ2v) is 4.69. The maximum atomic E-state index is 12.3. The molecule has 0 radical (unpaired) electrons. The molecule has 0 saturated carbocycles. The van der Waals surface area contributed by atoms with E-state index in [1.54, 1.807) is 18.1 Å². The lowest BCUT2D eigenvalue weighted by Crippen LogP contribution is -2.31. The second-order valence-electron chi connectivity index (χ2n) is 4.69. The van der Waals surface area contributed by atoms with Gasteiger partial charge in [-0.15, -0.1) is 0 Å². The molecule has 2 rings (SSSR count). The predicted octanol–water partition coefficient (Wildman–Crippen LogP) is 2.42. The molecule has 4 heteroatoms. The number of anilines is 1. The van der Waals surface area contributed by atoms with Crippen molar-refractivity contribution in [2.75, 3.05) is 25.2 Å². The number of benzene rings is 1. The molecule has 4 nitrogen and oxygen atoms in total. The molecule has 1 aliphatic rings. The molecule has 19 heavy (non-hydrogen) atoms. The summed E-state index contributed by atoms with van der Waals surface area (Å²) in [5.74, 6) is 0.196. The smallest absolute Gasteiger partial charge is 0.227 e. The van der Waals surface area contributed by atoms with Crippen molar-refractivity contribution in [3.8, 4) is 0 Å². The van der Waals surface area contributed by atoms with Crippen LogP contribution in [0.5, 0.6) is 0 Å². The number of hydrogen-bond acceptors (Lipinski definition) is 3. The van der Waals surface area contributed by atoms with Gasteiger partial charge in [-0.05, 0) is 25.0 Å². The van der Waals surface area contributed by atoms with E-state index in [2.05, 4.69) is 0 Å². The number of rotatable bonds is 4. The van der Waals surface area contributed by atoms with Crippen LogP contribution in [0.25, 0.3) is 0 Å². The maximum Gasteiger partial charge on any atom is 0.227 e. The average Bonchev–Trinajstić information content (AvgIpc) is 2.59. The molecular formula is C15H19NO3. The summed E-state index contributed by atoms with van der Waals surface area (Å²) in [5.41, 5.74) is 1.42. The summed E-state index contributed by atoms with van der Waals surface area (Å²) in [7, 11) is 1.63. The van der Waals surface area contributed by atoms with Gasteiger partial charge in [-0.3, -0.25) is 9.59 Å². The van der Waals surface area contributed by atoms with E-state index in [1.807, 2.05) is 18.2 Å². The molecule has 0 fully saturated rings. The first-order valence-electron chi connectivity index (χ1n) is 6.65. The average molecular weight is 261 g/mol. The van der Waals surface area contributed by atoms with E-state index in [0.717, 1.165) is 12.1 Å². The van der Waals surface area contributed by atoms with Crippen LogP contribution in [0.4, 0.5) is 5.69 Å². The third kappa shape index (κ3) is 3.20. The van der Waals surface area contributed by atoms with E-state index in [0.29, 0.717) is 38.0 Å². The van der Waals surface area contributed by atoms with Crippen LogP contribution in [-0.2, 0) is 9.53 Å². The number of methoxy groups -OCH3 is 1. The number of para-hydroxylation sites is 1. The Hall–Kier alpha value is -1.68. The van der Waals surface area contributed by atoms with Crippen LogP contribution in [0.3, 0.4) is 0 Å². The van der Waals surface area contributed by atoms with Crippen molar-refractivity contribution in [2.24, 2.45) is 0 Å². The van der Waals surface area contributed by atoms with E-state index in [9.17, 15) is 9.59 Å². The van der Waals surface area contributed by atoms with Gasteiger partial charge in [0, 0.05) is 38.7 Å². The van der Waals surface area contributed by atoms with Crippen LogP contribution >= 0.6 is 0 Å². The predicted molar refractivity (Wildman–Crippen MR) is 73.5 cm³/mol. The molecule has 0 aromatic heterocycles. The van der Waals surface area contributed by atoms with E-state index >= 15 is 0 Å². The van der Waals surface area contributed by atoms with Gasteiger partial charge in [0.25, 0.3) is 0 Å². The molecule has 102 valence electrons. The van der Waals surface area contributed by atoms with Crippen molar-refractivity contribution >= 4 is 17.4 Å². The van der Waals surface area contributed by atoms with Gasteiger partial charge < -0.3 is 9.64 Å². The second kappa shape index (κ2) is 6.48. The van der Waals surface area contributed by atoms with Gasteiger partial charge in [0.1, 0.15) is 0 Å². The lowest BCUT2D eigenvalue weighted by molar-refractivity contribution is -0.118. The highest BCUT2D eigenvalue weighted by molar-refractivity contribution is 6.06. The van der Waals surface area contributed by atoms with Crippen molar-refractivity contribution in [1.29, 1.82) is 0 Å². The van der Waals surface area contributed by atoms with Gasteiger partial charge in [-0.1, -0.05) is 12.1 Å². The third-order valence-electron chi connectivity index (χ3n) is 3.32. The number of ether oxygens (including phenoxy) is 1. The lowest BCUT2D eigenvalue weighted by Gasteiger charge is -2.22. The molecule has 0 saturated heterocycles. The Morgan fingerprint density at radius 2 is 2.16 bits per heavy atom. The first-order chi connectivity index (χ1) is 9.24. The lowest BCUT2D eigenvalue weighted by atomic mass is 10.1. The molecular weight excluding hydrogens is 242 g/mol. The Kier molecular flexibility index (Phi) is 4.68. The summed E-state index contributed by atoms with van der Waals surface area (Å²) in [6, 6.07) is 7.37. The zero-order chi connectivity index (χ0) is 13.7. The molecule has 1 aliphatic heterocycles. The van der Waals surface area contributed by atoms with Crippen LogP contribution in [0, 0.1) is 0 Å². The van der Waals surface area contributed by atoms with E-state index in [4.69, 9.17) is 4.74 Å². The van der Waals surface area contributed by atoms with Crippen molar-refractivity contribution in [1.82, 2.24) is 0 Å². The minimum absolute atomic E-state index is 0.0687. The van der Waals surface area contributed by atoms with Crippen molar-refractivity contribution in [3.05, 3.63) is 29.8 Å². The summed E-state index contributed by atoms with van der Waals surface area (Å²) in [4.78, 5) is 26.0. The summed E-state index contributed by atoms with van der Waals surface area (Å²) in [5, 5.41) is 0. The van der Waals surface area contributed by atoms with E-state index in [1.165, 1.54) is 0 Å². The van der Waals surface area contributed by atoms with Gasteiger partial charge in [-0.25, -0.2) is 0 Å². The van der Waals surface area contributed by atoms with Gasteiger partial charge >= 0.3 is 0 Å². The fourth-order valence-electron chi connectivity index (χ4n) is 2.36. The van der Waals surface area contributed by atoms with Crippen molar-refractivity contribution in [3.63, 3.8) is 0 Å². The van der Waals surface area contributed by atoms with E-state index < -0.39 is 0 Å². The number of Topliss-reactive ketones (excluding diaryl/α,β-unsaturated/α-hetero) is 1. The van der Waals surface area contributed by atoms with Crippen molar-refractivity contribution < 1.29 is 14.3 Å². The summed E-state index contributed by atoms with van der Waals surface area (Å²) in [6.07, 6.45) is 2.40. The normalized spacial score (nSPS) is 15.0. The zero-order valence-electron chi connectivity index (χ0n) is 11.2. The zero-order valence-corrected chi connectivity index (χ0v) is 11.2. The molecule has 0 aliphatic carbocycles. The van der Waals surface area contributed by atoms with Gasteiger partial charge in [0.15, 0.2) is 5.78 Å². The third-order valence-corrected chi connectivity index (χ3v) is 3.32. The molecule has 0 atom stereocenters. The van der Waals surface area contributed by atoms with E-state index in [-0.39, 0.29) is 11.7 Å². The minimum atomic E-state index is 0.0687. The van der Waals surface area contributed by atoms with Crippen LogP contribution in [-0.4, -0.2) is 32.0 Å². The molecule has 1 aromatic rings.